The molecule has 9 heteroatoms. The highest BCUT2D eigenvalue weighted by Gasteiger charge is 2.40. The summed E-state index contributed by atoms with van der Waals surface area (Å²) in [5, 5.41) is 0. The SMILES string of the molecule is FC(F)(F)c1ccccc1C1=Nc2ccnc(C(F)(F)F)c2CN1CCC1CCCCC1. The Bertz CT molecular complexity index is 990. The van der Waals surface area contributed by atoms with Crippen LogP contribution in [-0.4, -0.2) is 22.3 Å². The van der Waals surface area contributed by atoms with Gasteiger partial charge in [0.15, 0.2) is 5.69 Å². The molecule has 0 radical (unpaired) electrons. The van der Waals surface area contributed by atoms with Gasteiger partial charge in [-0.3, -0.25) is 4.98 Å². The van der Waals surface area contributed by atoms with E-state index in [1.165, 1.54) is 30.7 Å². The maximum Gasteiger partial charge on any atom is 0.433 e. The summed E-state index contributed by atoms with van der Waals surface area (Å²) in [6.07, 6.45) is -2.14. The lowest BCUT2D eigenvalue weighted by Gasteiger charge is -2.34. The van der Waals surface area contributed by atoms with Crippen LogP contribution >= 0.6 is 0 Å². The molecule has 0 N–H and O–H groups in total. The van der Waals surface area contributed by atoms with E-state index in [-0.39, 0.29) is 29.2 Å². The van der Waals surface area contributed by atoms with Gasteiger partial charge in [0.2, 0.25) is 0 Å². The molecular weight excluding hydrogens is 432 g/mol. The molecule has 0 bridgehead atoms. The van der Waals surface area contributed by atoms with Crippen molar-refractivity contribution in [2.75, 3.05) is 6.54 Å². The molecule has 2 aliphatic rings. The monoisotopic (exact) mass is 455 g/mol. The van der Waals surface area contributed by atoms with Gasteiger partial charge in [-0.25, -0.2) is 4.99 Å². The molecule has 1 aromatic carbocycles. The van der Waals surface area contributed by atoms with Gasteiger partial charge in [-0.2, -0.15) is 26.3 Å². The van der Waals surface area contributed by atoms with Crippen LogP contribution in [0.25, 0.3) is 0 Å². The molecule has 0 saturated heterocycles. The van der Waals surface area contributed by atoms with Gasteiger partial charge >= 0.3 is 12.4 Å². The highest BCUT2D eigenvalue weighted by atomic mass is 19.4. The molecule has 32 heavy (non-hydrogen) atoms. The first kappa shape index (κ1) is 22.6. The highest BCUT2D eigenvalue weighted by Crippen LogP contribution is 2.40. The first-order chi connectivity index (χ1) is 15.1. The van der Waals surface area contributed by atoms with Crippen molar-refractivity contribution in [3.05, 3.63) is 58.9 Å². The van der Waals surface area contributed by atoms with Gasteiger partial charge in [0.05, 0.1) is 11.3 Å². The van der Waals surface area contributed by atoms with E-state index >= 15 is 0 Å². The standard InChI is InChI=1S/C23H23F6N3/c24-22(25,26)18-9-5-4-8-16(18)21-31-19-10-12-30-20(23(27,28)29)17(19)14-32(21)13-11-15-6-2-1-3-7-15/h4-5,8-10,12,15H,1-3,6-7,11,13-14H2. The lowest BCUT2D eigenvalue weighted by Crippen LogP contribution is -2.37. The Morgan fingerprint density at radius 1 is 0.906 bits per heavy atom. The van der Waals surface area contributed by atoms with E-state index in [1.807, 2.05) is 0 Å². The second-order valence-corrected chi connectivity index (χ2v) is 8.35. The van der Waals surface area contributed by atoms with E-state index in [1.54, 1.807) is 4.90 Å². The second kappa shape index (κ2) is 8.75. The molecule has 1 aromatic heterocycles. The summed E-state index contributed by atoms with van der Waals surface area (Å²) < 4.78 is 81.7. The quantitative estimate of drug-likeness (QED) is 0.465. The Kier molecular flexibility index (Phi) is 6.18. The molecule has 3 nitrogen and oxygen atoms in total. The van der Waals surface area contributed by atoms with Crippen LogP contribution in [0.2, 0.25) is 0 Å². The average molecular weight is 455 g/mol. The van der Waals surface area contributed by atoms with Crippen LogP contribution in [0.4, 0.5) is 32.0 Å². The molecule has 2 heterocycles. The number of rotatable bonds is 4. The predicted octanol–water partition coefficient (Wildman–Crippen LogP) is 6.98. The third-order valence-electron chi connectivity index (χ3n) is 6.18. The minimum absolute atomic E-state index is 0.00761. The molecule has 172 valence electrons. The number of hydrogen-bond donors (Lipinski definition) is 0. The van der Waals surface area contributed by atoms with Gasteiger partial charge in [-0.15, -0.1) is 0 Å². The molecule has 1 fully saturated rings. The minimum Gasteiger partial charge on any atom is -0.352 e. The first-order valence-corrected chi connectivity index (χ1v) is 10.7. The number of benzene rings is 1. The van der Waals surface area contributed by atoms with Crippen molar-refractivity contribution >= 4 is 11.5 Å². The van der Waals surface area contributed by atoms with Crippen LogP contribution in [-0.2, 0) is 18.9 Å². The largest absolute Gasteiger partial charge is 0.433 e. The summed E-state index contributed by atoms with van der Waals surface area (Å²) in [6.45, 7) is 0.150. The number of alkyl halides is 6. The van der Waals surface area contributed by atoms with Gasteiger partial charge in [-0.05, 0) is 24.5 Å². The zero-order valence-corrected chi connectivity index (χ0v) is 17.3. The van der Waals surface area contributed by atoms with Gasteiger partial charge in [0, 0.05) is 30.4 Å². The van der Waals surface area contributed by atoms with Crippen molar-refractivity contribution in [2.45, 2.75) is 57.4 Å². The van der Waals surface area contributed by atoms with Crippen LogP contribution < -0.4 is 0 Å². The Morgan fingerprint density at radius 3 is 2.31 bits per heavy atom. The number of nitrogens with zero attached hydrogens (tertiary/aromatic N) is 3. The van der Waals surface area contributed by atoms with Crippen LogP contribution in [0.1, 0.15) is 60.9 Å². The predicted molar refractivity (Wildman–Crippen MR) is 108 cm³/mol. The van der Waals surface area contributed by atoms with E-state index in [4.69, 9.17) is 0 Å². The fourth-order valence-corrected chi connectivity index (χ4v) is 4.59. The topological polar surface area (TPSA) is 28.5 Å². The van der Waals surface area contributed by atoms with Crippen molar-refractivity contribution in [1.29, 1.82) is 0 Å². The summed E-state index contributed by atoms with van der Waals surface area (Å²) in [7, 11) is 0. The number of hydrogen-bond acceptors (Lipinski definition) is 3. The molecule has 0 atom stereocenters. The van der Waals surface area contributed by atoms with Gasteiger partial charge in [0.1, 0.15) is 5.84 Å². The molecule has 2 aromatic rings. The Morgan fingerprint density at radius 2 is 1.62 bits per heavy atom. The fourth-order valence-electron chi connectivity index (χ4n) is 4.59. The second-order valence-electron chi connectivity index (χ2n) is 8.35. The summed E-state index contributed by atoms with van der Waals surface area (Å²) in [5.74, 6) is 0.473. The Hall–Kier alpha value is -2.58. The molecule has 1 aliphatic carbocycles. The maximum atomic E-state index is 13.7. The average Bonchev–Trinajstić information content (AvgIpc) is 2.76. The summed E-state index contributed by atoms with van der Waals surface area (Å²) in [5.41, 5.74) is -2.11. The van der Waals surface area contributed by atoms with Crippen molar-refractivity contribution in [2.24, 2.45) is 10.9 Å². The minimum atomic E-state index is -4.67. The Labute approximate surface area is 182 Å². The molecule has 0 amide bonds. The third-order valence-corrected chi connectivity index (χ3v) is 6.18. The zero-order chi connectivity index (χ0) is 22.9. The van der Waals surface area contributed by atoms with Gasteiger partial charge in [0.25, 0.3) is 0 Å². The first-order valence-electron chi connectivity index (χ1n) is 10.7. The highest BCUT2D eigenvalue weighted by molar-refractivity contribution is 6.02. The molecular formula is C23H23F6N3. The number of halogens is 6. The van der Waals surface area contributed by atoms with Crippen LogP contribution in [0, 0.1) is 5.92 Å². The summed E-state index contributed by atoms with van der Waals surface area (Å²) >= 11 is 0. The van der Waals surface area contributed by atoms with Crippen molar-refractivity contribution in [3.63, 3.8) is 0 Å². The van der Waals surface area contributed by atoms with Gasteiger partial charge in [-0.1, -0.05) is 50.3 Å². The zero-order valence-electron chi connectivity index (χ0n) is 17.3. The lowest BCUT2D eigenvalue weighted by molar-refractivity contribution is -0.142. The molecule has 0 spiro atoms. The number of aromatic nitrogens is 1. The maximum absolute atomic E-state index is 13.7. The van der Waals surface area contributed by atoms with Crippen molar-refractivity contribution in [1.82, 2.24) is 9.88 Å². The van der Waals surface area contributed by atoms with Crippen LogP contribution in [0.3, 0.4) is 0 Å². The normalized spacial score (nSPS) is 17.8. The number of amidine groups is 1. The van der Waals surface area contributed by atoms with E-state index in [9.17, 15) is 26.3 Å². The van der Waals surface area contributed by atoms with Crippen LogP contribution in [0.15, 0.2) is 41.5 Å². The van der Waals surface area contributed by atoms with Crippen LogP contribution in [0.5, 0.6) is 0 Å². The number of aliphatic imine (C=N–C) groups is 1. The van der Waals surface area contributed by atoms with Gasteiger partial charge < -0.3 is 4.90 Å². The van der Waals surface area contributed by atoms with E-state index in [2.05, 4.69) is 9.98 Å². The number of pyridine rings is 1. The molecule has 0 unspecified atom stereocenters. The third kappa shape index (κ3) is 4.76. The summed E-state index contributed by atoms with van der Waals surface area (Å²) in [4.78, 5) is 9.37. The van der Waals surface area contributed by atoms with E-state index in [0.29, 0.717) is 18.9 Å². The van der Waals surface area contributed by atoms with E-state index in [0.717, 1.165) is 37.9 Å². The van der Waals surface area contributed by atoms with E-state index < -0.39 is 23.6 Å². The fraction of sp³-hybridized carbons (Fsp3) is 0.478. The molecule has 1 aliphatic heterocycles. The Balaban J connectivity index is 1.76. The lowest BCUT2D eigenvalue weighted by atomic mass is 9.87. The van der Waals surface area contributed by atoms with Crippen molar-refractivity contribution in [3.8, 4) is 0 Å². The number of fused-ring (bicyclic) bond motifs is 1. The molecule has 4 rings (SSSR count). The van der Waals surface area contributed by atoms with Crippen molar-refractivity contribution < 1.29 is 26.3 Å². The smallest absolute Gasteiger partial charge is 0.352 e. The molecule has 1 saturated carbocycles. The summed E-state index contributed by atoms with van der Waals surface area (Å²) in [6, 6.07) is 6.39.